The Morgan fingerprint density at radius 1 is 1.00 bits per heavy atom. The molecule has 0 saturated heterocycles. The number of anilines is 1. The van der Waals surface area contributed by atoms with E-state index in [0.29, 0.717) is 18.7 Å². The molecule has 36 heavy (non-hydrogen) atoms. The van der Waals surface area contributed by atoms with Gasteiger partial charge in [-0.3, -0.25) is 13.9 Å². The third-order valence-electron chi connectivity index (χ3n) is 6.53. The third-order valence-corrected chi connectivity index (χ3v) is 7.73. The second kappa shape index (κ2) is 12.9. The van der Waals surface area contributed by atoms with Gasteiger partial charge in [0, 0.05) is 25.6 Å². The maximum absolute atomic E-state index is 13.4. The summed E-state index contributed by atoms with van der Waals surface area (Å²) in [5.74, 6) is -0.380. The number of rotatable bonds is 12. The van der Waals surface area contributed by atoms with E-state index in [-0.39, 0.29) is 30.8 Å². The number of benzene rings is 2. The molecule has 2 aromatic carbocycles. The van der Waals surface area contributed by atoms with Gasteiger partial charge in [-0.05, 0) is 76.3 Å². The fourth-order valence-electron chi connectivity index (χ4n) is 3.94. The predicted octanol–water partition coefficient (Wildman–Crippen LogP) is 4.49. The molecule has 0 aliphatic heterocycles. The van der Waals surface area contributed by atoms with E-state index in [1.807, 2.05) is 71.0 Å². The summed E-state index contributed by atoms with van der Waals surface area (Å²) in [5.41, 5.74) is 4.70. The Balaban J connectivity index is 2.19. The number of carbonyl (C=O) groups is 2. The average Bonchev–Trinajstić information content (AvgIpc) is 2.80. The molecule has 8 heteroatoms. The summed E-state index contributed by atoms with van der Waals surface area (Å²) in [6, 6.07) is 12.8. The predicted molar refractivity (Wildman–Crippen MR) is 146 cm³/mol. The highest BCUT2D eigenvalue weighted by Crippen LogP contribution is 2.22. The van der Waals surface area contributed by atoms with E-state index in [4.69, 9.17) is 0 Å². The molecule has 0 bridgehead atoms. The lowest BCUT2D eigenvalue weighted by Gasteiger charge is -2.30. The Kier molecular flexibility index (Phi) is 10.5. The standard InChI is InChI=1S/C28H41N3O4S/c1-8-23(5)29-28(33)24(6)30(19-25-12-9-11-20(2)17-25)27(32)13-10-16-31(36(7,34)35)26-15-14-21(3)22(4)18-26/h9,11-12,14-15,17-18,23-24H,8,10,13,16,19H2,1-7H3,(H,29,33)/t23-,24+/m0/s1. The molecule has 2 atom stereocenters. The topological polar surface area (TPSA) is 86.8 Å². The summed E-state index contributed by atoms with van der Waals surface area (Å²) in [7, 11) is -3.52. The van der Waals surface area contributed by atoms with E-state index in [9.17, 15) is 18.0 Å². The van der Waals surface area contributed by atoms with Crippen molar-refractivity contribution in [2.75, 3.05) is 17.1 Å². The van der Waals surface area contributed by atoms with Gasteiger partial charge in [-0.2, -0.15) is 0 Å². The Labute approximate surface area is 216 Å². The lowest BCUT2D eigenvalue weighted by molar-refractivity contribution is -0.140. The summed E-state index contributed by atoms with van der Waals surface area (Å²) in [6.45, 7) is 12.1. The van der Waals surface area contributed by atoms with Crippen LogP contribution in [-0.4, -0.2) is 50.0 Å². The van der Waals surface area contributed by atoms with E-state index in [0.717, 1.165) is 28.7 Å². The normalized spacial score (nSPS) is 13.1. The monoisotopic (exact) mass is 515 g/mol. The van der Waals surface area contributed by atoms with Crippen molar-refractivity contribution in [2.45, 2.75) is 79.4 Å². The van der Waals surface area contributed by atoms with Crippen molar-refractivity contribution in [2.24, 2.45) is 0 Å². The van der Waals surface area contributed by atoms with Crippen LogP contribution in [0.2, 0.25) is 0 Å². The van der Waals surface area contributed by atoms with Crippen LogP contribution in [0.5, 0.6) is 0 Å². The Bertz CT molecular complexity index is 1160. The Morgan fingerprint density at radius 2 is 1.69 bits per heavy atom. The van der Waals surface area contributed by atoms with Crippen molar-refractivity contribution in [3.8, 4) is 0 Å². The maximum atomic E-state index is 13.4. The number of nitrogens with zero attached hydrogens (tertiary/aromatic N) is 2. The molecule has 0 fully saturated rings. The zero-order valence-corrected chi connectivity index (χ0v) is 23.5. The first-order valence-corrected chi connectivity index (χ1v) is 14.4. The van der Waals surface area contributed by atoms with Crippen molar-refractivity contribution in [3.63, 3.8) is 0 Å². The zero-order chi connectivity index (χ0) is 27.0. The minimum absolute atomic E-state index is 0.0113. The highest BCUT2D eigenvalue weighted by molar-refractivity contribution is 7.92. The molecule has 7 nitrogen and oxygen atoms in total. The van der Waals surface area contributed by atoms with Gasteiger partial charge in [0.25, 0.3) is 0 Å². The molecule has 198 valence electrons. The first-order valence-electron chi connectivity index (χ1n) is 12.5. The highest BCUT2D eigenvalue weighted by Gasteiger charge is 2.27. The third kappa shape index (κ3) is 8.36. The SMILES string of the molecule is CC[C@H](C)NC(=O)[C@@H](C)N(Cc1cccc(C)c1)C(=O)CCCN(c1ccc(C)c(C)c1)S(C)(=O)=O. The van der Waals surface area contributed by atoms with Gasteiger partial charge in [0.15, 0.2) is 0 Å². The number of sulfonamides is 1. The number of carbonyl (C=O) groups excluding carboxylic acids is 2. The van der Waals surface area contributed by atoms with Crippen molar-refractivity contribution < 1.29 is 18.0 Å². The summed E-state index contributed by atoms with van der Waals surface area (Å²) in [5, 5.41) is 2.97. The molecule has 0 spiro atoms. The van der Waals surface area contributed by atoms with Crippen LogP contribution in [0.1, 0.15) is 62.3 Å². The van der Waals surface area contributed by atoms with Crippen LogP contribution in [0.3, 0.4) is 0 Å². The first-order chi connectivity index (χ1) is 16.8. The molecule has 2 rings (SSSR count). The molecule has 2 amide bonds. The quantitative estimate of drug-likeness (QED) is 0.451. The zero-order valence-electron chi connectivity index (χ0n) is 22.7. The van der Waals surface area contributed by atoms with Gasteiger partial charge in [-0.15, -0.1) is 0 Å². The molecule has 0 saturated carbocycles. The van der Waals surface area contributed by atoms with Gasteiger partial charge in [0.05, 0.1) is 11.9 Å². The molecule has 0 aliphatic rings. The minimum atomic E-state index is -3.52. The highest BCUT2D eigenvalue weighted by atomic mass is 32.2. The van der Waals surface area contributed by atoms with E-state index >= 15 is 0 Å². The summed E-state index contributed by atoms with van der Waals surface area (Å²) in [4.78, 5) is 27.8. The van der Waals surface area contributed by atoms with E-state index in [2.05, 4.69) is 5.32 Å². The molecule has 2 aromatic rings. The maximum Gasteiger partial charge on any atom is 0.242 e. The van der Waals surface area contributed by atoms with Crippen LogP contribution >= 0.6 is 0 Å². The number of nitrogens with one attached hydrogen (secondary N) is 1. The second-order valence-electron chi connectivity index (χ2n) is 9.71. The van der Waals surface area contributed by atoms with Gasteiger partial charge in [-0.1, -0.05) is 42.8 Å². The smallest absolute Gasteiger partial charge is 0.242 e. The van der Waals surface area contributed by atoms with Gasteiger partial charge in [0.2, 0.25) is 21.8 Å². The van der Waals surface area contributed by atoms with Crippen LogP contribution in [0.4, 0.5) is 5.69 Å². The Morgan fingerprint density at radius 3 is 2.28 bits per heavy atom. The van der Waals surface area contributed by atoms with Gasteiger partial charge in [-0.25, -0.2) is 8.42 Å². The van der Waals surface area contributed by atoms with Crippen LogP contribution in [0.15, 0.2) is 42.5 Å². The largest absolute Gasteiger partial charge is 0.352 e. The molecular weight excluding hydrogens is 474 g/mol. The molecule has 0 radical (unpaired) electrons. The molecule has 1 N–H and O–H groups in total. The Hall–Kier alpha value is -2.87. The van der Waals surface area contributed by atoms with Crippen molar-refractivity contribution in [1.29, 1.82) is 0 Å². The second-order valence-corrected chi connectivity index (χ2v) is 11.6. The minimum Gasteiger partial charge on any atom is -0.352 e. The number of hydrogen-bond acceptors (Lipinski definition) is 4. The van der Waals surface area contributed by atoms with Crippen LogP contribution < -0.4 is 9.62 Å². The average molecular weight is 516 g/mol. The molecule has 0 unspecified atom stereocenters. The molecule has 0 aromatic heterocycles. The van der Waals surface area contributed by atoms with E-state index in [1.54, 1.807) is 17.9 Å². The van der Waals surface area contributed by atoms with Gasteiger partial charge >= 0.3 is 0 Å². The first kappa shape index (κ1) is 29.4. The number of amides is 2. The van der Waals surface area contributed by atoms with Crippen LogP contribution in [0, 0.1) is 20.8 Å². The summed E-state index contributed by atoms with van der Waals surface area (Å²) < 4.78 is 26.4. The van der Waals surface area contributed by atoms with Crippen LogP contribution in [0.25, 0.3) is 0 Å². The van der Waals surface area contributed by atoms with Crippen molar-refractivity contribution >= 4 is 27.5 Å². The lowest BCUT2D eigenvalue weighted by atomic mass is 10.1. The molecular formula is C28H41N3O4S. The molecule has 0 aliphatic carbocycles. The van der Waals surface area contributed by atoms with E-state index in [1.165, 1.54) is 10.6 Å². The number of aryl methyl sites for hydroxylation is 3. The van der Waals surface area contributed by atoms with Crippen molar-refractivity contribution in [1.82, 2.24) is 10.2 Å². The lowest BCUT2D eigenvalue weighted by Crippen LogP contribution is -2.49. The van der Waals surface area contributed by atoms with Crippen LogP contribution in [-0.2, 0) is 26.2 Å². The fraction of sp³-hybridized carbons (Fsp3) is 0.500. The van der Waals surface area contributed by atoms with Gasteiger partial charge in [0.1, 0.15) is 6.04 Å². The van der Waals surface area contributed by atoms with Gasteiger partial charge < -0.3 is 10.2 Å². The van der Waals surface area contributed by atoms with E-state index < -0.39 is 16.1 Å². The molecule has 0 heterocycles. The summed E-state index contributed by atoms with van der Waals surface area (Å²) in [6.07, 6.45) is 2.44. The fourth-order valence-corrected chi connectivity index (χ4v) is 4.90. The summed E-state index contributed by atoms with van der Waals surface area (Å²) >= 11 is 0. The van der Waals surface area contributed by atoms with Crippen molar-refractivity contribution in [3.05, 3.63) is 64.7 Å². The number of hydrogen-bond donors (Lipinski definition) is 1.